The van der Waals surface area contributed by atoms with E-state index < -0.39 is 18.2 Å². The highest BCUT2D eigenvalue weighted by Crippen LogP contribution is 1.81. The van der Waals surface area contributed by atoms with Gasteiger partial charge in [0.25, 0.3) is 0 Å². The van der Waals surface area contributed by atoms with Gasteiger partial charge in [-0.3, -0.25) is 0 Å². The standard InChI is InChI=1S/C4H9NO3.C4H6O2/c1-3(6)2-8-4(5)7;1-3(2)4(5)6/h3,6H,2H2,1H3,(H2,5,7);1H2,2H3,(H,5,6). The maximum atomic E-state index is 9.79. The lowest BCUT2D eigenvalue weighted by Gasteiger charge is -2.01. The zero-order valence-electron chi connectivity index (χ0n) is 8.19. The van der Waals surface area contributed by atoms with Gasteiger partial charge < -0.3 is 20.7 Å². The van der Waals surface area contributed by atoms with Crippen molar-refractivity contribution in [1.29, 1.82) is 0 Å². The normalized spacial score (nSPS) is 10.5. The maximum Gasteiger partial charge on any atom is 0.404 e. The maximum absolute atomic E-state index is 9.79. The molecule has 0 aliphatic heterocycles. The van der Waals surface area contributed by atoms with Crippen molar-refractivity contribution in [3.8, 4) is 0 Å². The van der Waals surface area contributed by atoms with Gasteiger partial charge in [-0.15, -0.1) is 0 Å². The van der Waals surface area contributed by atoms with E-state index in [2.05, 4.69) is 17.0 Å². The minimum atomic E-state index is -0.935. The Kier molecular flexibility index (Phi) is 8.60. The van der Waals surface area contributed by atoms with E-state index >= 15 is 0 Å². The number of aliphatic carboxylic acids is 1. The summed E-state index contributed by atoms with van der Waals surface area (Å²) in [7, 11) is 0. The van der Waals surface area contributed by atoms with Crippen LogP contribution < -0.4 is 5.73 Å². The number of carbonyl (C=O) groups is 2. The second-order valence-electron chi connectivity index (χ2n) is 2.56. The van der Waals surface area contributed by atoms with E-state index in [1.807, 2.05) is 0 Å². The van der Waals surface area contributed by atoms with Crippen molar-refractivity contribution >= 4 is 12.1 Å². The van der Waals surface area contributed by atoms with E-state index in [0.717, 1.165) is 0 Å². The van der Waals surface area contributed by atoms with Crippen LogP contribution in [0.3, 0.4) is 0 Å². The van der Waals surface area contributed by atoms with Crippen LogP contribution >= 0.6 is 0 Å². The summed E-state index contributed by atoms with van der Waals surface area (Å²) in [6.07, 6.45) is -1.49. The SMILES string of the molecule is C=C(C)C(=O)O.CC(O)COC(N)=O. The molecule has 4 N–H and O–H groups in total. The number of aliphatic hydroxyl groups excluding tert-OH is 1. The lowest BCUT2D eigenvalue weighted by Crippen LogP contribution is -2.19. The van der Waals surface area contributed by atoms with Crippen molar-refractivity contribution in [3.05, 3.63) is 12.2 Å². The fraction of sp³-hybridized carbons (Fsp3) is 0.500. The summed E-state index contributed by atoms with van der Waals surface area (Å²) in [6.45, 7) is 6.07. The number of hydrogen-bond acceptors (Lipinski definition) is 4. The van der Waals surface area contributed by atoms with Crippen molar-refractivity contribution in [2.45, 2.75) is 20.0 Å². The molecule has 14 heavy (non-hydrogen) atoms. The highest BCUT2D eigenvalue weighted by atomic mass is 16.6. The number of carboxylic acid groups (broad SMARTS) is 1. The average Bonchev–Trinajstić information content (AvgIpc) is 2.01. The summed E-state index contributed by atoms with van der Waals surface area (Å²) in [5.41, 5.74) is 4.74. The molecule has 0 heterocycles. The summed E-state index contributed by atoms with van der Waals surface area (Å²) < 4.78 is 4.19. The van der Waals surface area contributed by atoms with E-state index in [1.165, 1.54) is 13.8 Å². The number of carbonyl (C=O) groups excluding carboxylic acids is 1. The van der Waals surface area contributed by atoms with Crippen molar-refractivity contribution in [1.82, 2.24) is 0 Å². The Morgan fingerprint density at radius 3 is 2.00 bits per heavy atom. The molecule has 0 aliphatic carbocycles. The zero-order valence-corrected chi connectivity index (χ0v) is 8.19. The first kappa shape index (κ1) is 14.9. The molecule has 0 spiro atoms. The Morgan fingerprint density at radius 2 is 1.93 bits per heavy atom. The van der Waals surface area contributed by atoms with Gasteiger partial charge in [0, 0.05) is 5.57 Å². The van der Waals surface area contributed by atoms with E-state index in [0.29, 0.717) is 0 Å². The molecule has 6 nitrogen and oxygen atoms in total. The van der Waals surface area contributed by atoms with E-state index in [9.17, 15) is 9.59 Å². The summed E-state index contributed by atoms with van der Waals surface area (Å²) in [6, 6.07) is 0. The van der Waals surface area contributed by atoms with Crippen LogP contribution in [0, 0.1) is 0 Å². The van der Waals surface area contributed by atoms with Gasteiger partial charge in [0.1, 0.15) is 6.61 Å². The topological polar surface area (TPSA) is 110 Å². The second-order valence-corrected chi connectivity index (χ2v) is 2.56. The molecule has 0 fully saturated rings. The molecule has 0 bridgehead atoms. The zero-order chi connectivity index (χ0) is 11.7. The molecule has 0 saturated carbocycles. The number of rotatable bonds is 3. The molecule has 0 aromatic carbocycles. The number of nitrogens with two attached hydrogens (primary N) is 1. The van der Waals surface area contributed by atoms with Gasteiger partial charge >= 0.3 is 12.1 Å². The van der Waals surface area contributed by atoms with Crippen molar-refractivity contribution in [2.75, 3.05) is 6.61 Å². The van der Waals surface area contributed by atoms with Gasteiger partial charge in [0.2, 0.25) is 0 Å². The highest BCUT2D eigenvalue weighted by Gasteiger charge is 1.96. The molecule has 1 atom stereocenters. The summed E-state index contributed by atoms with van der Waals surface area (Å²) in [5.74, 6) is -0.935. The number of amides is 1. The minimum Gasteiger partial charge on any atom is -0.478 e. The lowest BCUT2D eigenvalue weighted by atomic mass is 10.4. The number of carboxylic acids is 1. The first-order chi connectivity index (χ1) is 6.27. The van der Waals surface area contributed by atoms with E-state index in [4.69, 9.17) is 10.2 Å². The number of aliphatic hydroxyl groups is 1. The molecule has 0 rings (SSSR count). The molecule has 0 saturated heterocycles. The van der Waals surface area contributed by atoms with Gasteiger partial charge in [0.15, 0.2) is 0 Å². The number of primary amides is 1. The Labute approximate surface area is 82.0 Å². The Morgan fingerprint density at radius 1 is 1.57 bits per heavy atom. The first-order valence-electron chi connectivity index (χ1n) is 3.76. The van der Waals surface area contributed by atoms with Gasteiger partial charge in [-0.05, 0) is 13.8 Å². The van der Waals surface area contributed by atoms with Crippen LogP contribution in [0.4, 0.5) is 4.79 Å². The first-order valence-corrected chi connectivity index (χ1v) is 3.76. The van der Waals surface area contributed by atoms with Crippen molar-refractivity contribution < 1.29 is 24.5 Å². The molecule has 1 amide bonds. The van der Waals surface area contributed by atoms with Gasteiger partial charge in [-0.2, -0.15) is 0 Å². The quantitative estimate of drug-likeness (QED) is 0.566. The largest absolute Gasteiger partial charge is 0.478 e. The van der Waals surface area contributed by atoms with Crippen LogP contribution in [-0.2, 0) is 9.53 Å². The second kappa shape index (κ2) is 8.06. The van der Waals surface area contributed by atoms with Crippen molar-refractivity contribution in [3.63, 3.8) is 0 Å². The lowest BCUT2D eigenvalue weighted by molar-refractivity contribution is -0.132. The molecule has 0 aromatic rings. The van der Waals surface area contributed by atoms with E-state index in [1.54, 1.807) is 0 Å². The molecule has 0 radical (unpaired) electrons. The monoisotopic (exact) mass is 205 g/mol. The Hall–Kier alpha value is -1.56. The third kappa shape index (κ3) is 16.8. The average molecular weight is 205 g/mol. The smallest absolute Gasteiger partial charge is 0.404 e. The highest BCUT2D eigenvalue weighted by molar-refractivity contribution is 5.84. The predicted octanol–water partition coefficient (Wildman–Crippen LogP) is 0.110. The molecular formula is C8H15NO5. The fourth-order valence-corrected chi connectivity index (χ4v) is 0.203. The Balaban J connectivity index is 0. The third-order valence-electron chi connectivity index (χ3n) is 0.832. The van der Waals surface area contributed by atoms with Gasteiger partial charge in [-0.25, -0.2) is 9.59 Å². The van der Waals surface area contributed by atoms with Crippen LogP contribution in [0.25, 0.3) is 0 Å². The summed E-state index contributed by atoms with van der Waals surface area (Å²) in [4.78, 5) is 19.4. The van der Waals surface area contributed by atoms with E-state index in [-0.39, 0.29) is 12.2 Å². The molecular weight excluding hydrogens is 190 g/mol. The third-order valence-corrected chi connectivity index (χ3v) is 0.832. The van der Waals surface area contributed by atoms with Crippen LogP contribution in [0.1, 0.15) is 13.8 Å². The van der Waals surface area contributed by atoms with Crippen LogP contribution in [-0.4, -0.2) is 35.0 Å². The van der Waals surface area contributed by atoms with Crippen LogP contribution in [0.5, 0.6) is 0 Å². The molecule has 82 valence electrons. The fourth-order valence-electron chi connectivity index (χ4n) is 0.203. The van der Waals surface area contributed by atoms with Crippen molar-refractivity contribution in [2.24, 2.45) is 5.73 Å². The molecule has 0 aliphatic rings. The molecule has 1 unspecified atom stereocenters. The summed E-state index contributed by atoms with van der Waals surface area (Å²) >= 11 is 0. The minimum absolute atomic E-state index is 0.0324. The predicted molar refractivity (Wildman–Crippen MR) is 49.7 cm³/mol. The van der Waals surface area contributed by atoms with Crippen LogP contribution in [0.15, 0.2) is 12.2 Å². The Bertz CT molecular complexity index is 200. The van der Waals surface area contributed by atoms with Gasteiger partial charge in [0.05, 0.1) is 6.10 Å². The number of hydrogen-bond donors (Lipinski definition) is 3. The number of ether oxygens (including phenoxy) is 1. The molecule has 6 heteroatoms. The summed E-state index contributed by atoms with van der Waals surface area (Å²) in [5, 5.41) is 16.4. The molecule has 0 aromatic heterocycles. The van der Waals surface area contributed by atoms with Crippen LogP contribution in [0.2, 0.25) is 0 Å². The van der Waals surface area contributed by atoms with Gasteiger partial charge in [-0.1, -0.05) is 6.58 Å².